The number of Topliss-reactive ketones (excluding diaryl/α,β-unsaturated/α-hetero) is 1. The summed E-state index contributed by atoms with van der Waals surface area (Å²) in [6.45, 7) is 4.93. The van der Waals surface area contributed by atoms with Crippen molar-refractivity contribution in [2.45, 2.75) is 71.4 Å². The molecule has 7 heteroatoms. The molecule has 0 radical (unpaired) electrons. The summed E-state index contributed by atoms with van der Waals surface area (Å²) in [4.78, 5) is 39.6. The van der Waals surface area contributed by atoms with E-state index in [-0.39, 0.29) is 24.1 Å². The molecule has 4 rings (SSSR count). The summed E-state index contributed by atoms with van der Waals surface area (Å²) in [6.07, 6.45) is 10.9. The first-order chi connectivity index (χ1) is 16.0. The van der Waals surface area contributed by atoms with E-state index in [4.69, 9.17) is 9.15 Å². The molecule has 176 valence electrons. The molecule has 2 aromatic rings. The maximum absolute atomic E-state index is 12.9. The number of ether oxygens (including phenoxy) is 1. The molecule has 1 aliphatic heterocycles. The van der Waals surface area contributed by atoms with E-state index in [1.807, 2.05) is 19.9 Å². The number of aromatic nitrogens is 1. The van der Waals surface area contributed by atoms with Crippen LogP contribution in [-0.4, -0.2) is 46.3 Å². The first-order valence-electron chi connectivity index (χ1n) is 11.8. The lowest BCUT2D eigenvalue weighted by Crippen LogP contribution is -2.41. The third kappa shape index (κ3) is 5.13. The number of amides is 1. The predicted octanol–water partition coefficient (Wildman–Crippen LogP) is 4.62. The van der Waals surface area contributed by atoms with E-state index in [0.29, 0.717) is 24.9 Å². The van der Waals surface area contributed by atoms with Crippen LogP contribution in [-0.2, 0) is 16.1 Å². The topological polar surface area (TPSA) is 81.8 Å². The van der Waals surface area contributed by atoms with Gasteiger partial charge in [-0.05, 0) is 77.0 Å². The largest absolute Gasteiger partial charge is 0.459 e. The molecular formula is C26H32N2O5. The number of ketones is 1. The molecule has 1 aliphatic carbocycles. The fourth-order valence-corrected chi connectivity index (χ4v) is 4.92. The van der Waals surface area contributed by atoms with Crippen molar-refractivity contribution in [3.63, 3.8) is 0 Å². The number of esters is 1. The molecule has 0 unspecified atom stereocenters. The van der Waals surface area contributed by atoms with Gasteiger partial charge in [-0.25, -0.2) is 4.79 Å². The van der Waals surface area contributed by atoms with Gasteiger partial charge in [0, 0.05) is 30.0 Å². The van der Waals surface area contributed by atoms with Crippen LogP contribution in [0.2, 0.25) is 0 Å². The summed E-state index contributed by atoms with van der Waals surface area (Å²) >= 11 is 0. The van der Waals surface area contributed by atoms with Gasteiger partial charge in [-0.15, -0.1) is 0 Å². The molecule has 1 fully saturated rings. The van der Waals surface area contributed by atoms with E-state index in [0.717, 1.165) is 24.4 Å². The van der Waals surface area contributed by atoms with Crippen LogP contribution in [0, 0.1) is 13.8 Å². The average Bonchev–Trinajstić information content (AvgIpc) is 3.58. The Kier molecular flexibility index (Phi) is 7.16. The predicted molar refractivity (Wildman–Crippen MR) is 123 cm³/mol. The highest BCUT2D eigenvalue weighted by Crippen LogP contribution is 2.24. The van der Waals surface area contributed by atoms with Gasteiger partial charge in [-0.1, -0.05) is 11.6 Å². The summed E-state index contributed by atoms with van der Waals surface area (Å²) in [5.74, 6) is -0.898. The molecule has 2 aliphatic rings. The number of allylic oxidation sites excluding steroid dienone is 2. The Morgan fingerprint density at radius 1 is 1.18 bits per heavy atom. The number of carbonyl (C=O) groups excluding carboxylic acids is 3. The smallest absolute Gasteiger partial charge is 0.329 e. The number of hydrogen-bond donors (Lipinski definition) is 0. The highest BCUT2D eigenvalue weighted by Gasteiger charge is 2.37. The van der Waals surface area contributed by atoms with Crippen molar-refractivity contribution in [2.24, 2.45) is 0 Å². The Morgan fingerprint density at radius 2 is 2.03 bits per heavy atom. The molecule has 7 nitrogen and oxygen atoms in total. The van der Waals surface area contributed by atoms with Crippen molar-refractivity contribution in [1.29, 1.82) is 0 Å². The Balaban J connectivity index is 1.35. The van der Waals surface area contributed by atoms with Gasteiger partial charge in [0.1, 0.15) is 6.04 Å². The van der Waals surface area contributed by atoms with Crippen LogP contribution in [0.3, 0.4) is 0 Å². The second kappa shape index (κ2) is 10.2. The highest BCUT2D eigenvalue weighted by atomic mass is 16.5. The summed E-state index contributed by atoms with van der Waals surface area (Å²) < 4.78 is 12.7. The number of carbonyl (C=O) groups is 3. The third-order valence-electron chi connectivity index (χ3n) is 6.78. The van der Waals surface area contributed by atoms with Gasteiger partial charge in [0.15, 0.2) is 12.4 Å². The second-order valence-corrected chi connectivity index (χ2v) is 8.96. The summed E-state index contributed by atoms with van der Waals surface area (Å²) in [6, 6.07) is 4.40. The van der Waals surface area contributed by atoms with E-state index < -0.39 is 12.0 Å². The average molecular weight is 453 g/mol. The van der Waals surface area contributed by atoms with Crippen LogP contribution in [0.1, 0.15) is 77.2 Å². The number of rotatable bonds is 8. The van der Waals surface area contributed by atoms with Crippen LogP contribution in [0.5, 0.6) is 0 Å². The van der Waals surface area contributed by atoms with Crippen molar-refractivity contribution in [3.8, 4) is 0 Å². The first kappa shape index (κ1) is 23.1. The van der Waals surface area contributed by atoms with Crippen LogP contribution in [0.4, 0.5) is 0 Å². The Hall–Kier alpha value is -3.09. The van der Waals surface area contributed by atoms with E-state index in [2.05, 4.69) is 10.6 Å². The fraction of sp³-hybridized carbons (Fsp3) is 0.500. The van der Waals surface area contributed by atoms with Crippen molar-refractivity contribution >= 4 is 17.7 Å². The fourth-order valence-electron chi connectivity index (χ4n) is 4.92. The van der Waals surface area contributed by atoms with Crippen molar-refractivity contribution in [3.05, 3.63) is 58.8 Å². The SMILES string of the molecule is Cc1cc(C(=O)COC(=O)[C@@H]2CCCN2C(=O)c2ccco2)c(C)n1CCC1=CCCCC1. The minimum absolute atomic E-state index is 0.196. The number of furan rings is 1. The molecule has 0 aromatic carbocycles. The summed E-state index contributed by atoms with van der Waals surface area (Å²) in [5, 5.41) is 0. The normalized spacial score (nSPS) is 18.3. The summed E-state index contributed by atoms with van der Waals surface area (Å²) in [7, 11) is 0. The summed E-state index contributed by atoms with van der Waals surface area (Å²) in [5.41, 5.74) is 4.03. The van der Waals surface area contributed by atoms with E-state index in [9.17, 15) is 14.4 Å². The molecule has 0 bridgehead atoms. The highest BCUT2D eigenvalue weighted by molar-refractivity contribution is 6.00. The molecule has 1 atom stereocenters. The lowest BCUT2D eigenvalue weighted by Gasteiger charge is -2.22. The van der Waals surface area contributed by atoms with Crippen LogP contribution >= 0.6 is 0 Å². The number of likely N-dealkylation sites (tertiary alicyclic amines) is 1. The molecule has 0 spiro atoms. The Morgan fingerprint density at radius 3 is 2.76 bits per heavy atom. The molecule has 0 saturated carbocycles. The zero-order chi connectivity index (χ0) is 23.4. The van der Waals surface area contributed by atoms with Gasteiger partial charge in [0.05, 0.1) is 6.26 Å². The molecule has 1 amide bonds. The van der Waals surface area contributed by atoms with Crippen LogP contribution < -0.4 is 0 Å². The Bertz CT molecular complexity index is 1050. The number of aryl methyl sites for hydroxylation is 1. The van der Waals surface area contributed by atoms with Crippen molar-refractivity contribution in [1.82, 2.24) is 9.47 Å². The minimum atomic E-state index is -0.688. The third-order valence-corrected chi connectivity index (χ3v) is 6.78. The number of hydrogen-bond acceptors (Lipinski definition) is 5. The van der Waals surface area contributed by atoms with Gasteiger partial charge in [-0.2, -0.15) is 0 Å². The molecule has 2 aromatic heterocycles. The molecule has 33 heavy (non-hydrogen) atoms. The van der Waals surface area contributed by atoms with E-state index in [1.54, 1.807) is 12.1 Å². The molecule has 0 N–H and O–H groups in total. The lowest BCUT2D eigenvalue weighted by atomic mass is 9.97. The van der Waals surface area contributed by atoms with Crippen LogP contribution in [0.25, 0.3) is 0 Å². The van der Waals surface area contributed by atoms with Gasteiger partial charge in [0.25, 0.3) is 5.91 Å². The maximum Gasteiger partial charge on any atom is 0.329 e. The molecule has 1 saturated heterocycles. The lowest BCUT2D eigenvalue weighted by molar-refractivity contribution is -0.147. The standard InChI is InChI=1S/C26H32N2O5/c1-18-16-21(19(2)27(18)14-12-20-8-4-3-5-9-20)23(29)17-33-26(31)22-10-6-13-28(22)25(30)24-11-7-15-32-24/h7-8,11,15-16,22H,3-6,9-10,12-14,17H2,1-2H3/t22-/m0/s1. The zero-order valence-electron chi connectivity index (χ0n) is 19.5. The van der Waals surface area contributed by atoms with Crippen LogP contribution in [0.15, 0.2) is 40.5 Å². The van der Waals surface area contributed by atoms with Crippen molar-refractivity contribution < 1.29 is 23.5 Å². The number of nitrogens with zero attached hydrogens (tertiary/aromatic N) is 2. The molecule has 3 heterocycles. The molecular weight excluding hydrogens is 420 g/mol. The monoisotopic (exact) mass is 452 g/mol. The minimum Gasteiger partial charge on any atom is -0.459 e. The van der Waals surface area contributed by atoms with Crippen molar-refractivity contribution in [2.75, 3.05) is 13.2 Å². The van der Waals surface area contributed by atoms with E-state index >= 15 is 0 Å². The quantitative estimate of drug-likeness (QED) is 0.332. The van der Waals surface area contributed by atoms with E-state index in [1.165, 1.54) is 42.4 Å². The second-order valence-electron chi connectivity index (χ2n) is 8.96. The maximum atomic E-state index is 12.9. The Labute approximate surface area is 194 Å². The van der Waals surface area contributed by atoms with Gasteiger partial charge >= 0.3 is 5.97 Å². The van der Waals surface area contributed by atoms with Gasteiger partial charge in [-0.3, -0.25) is 9.59 Å². The van der Waals surface area contributed by atoms with Gasteiger partial charge < -0.3 is 18.6 Å². The van der Waals surface area contributed by atoms with Gasteiger partial charge in [0.2, 0.25) is 5.78 Å². The zero-order valence-corrected chi connectivity index (χ0v) is 19.5. The first-order valence-corrected chi connectivity index (χ1v) is 11.8.